The predicted molar refractivity (Wildman–Crippen MR) is 65.2 cm³/mol. The average Bonchev–Trinajstić information content (AvgIpc) is 2.69. The first-order chi connectivity index (χ1) is 8.54. The minimum absolute atomic E-state index is 0.308. The van der Waals surface area contributed by atoms with Gasteiger partial charge in [0.25, 0.3) is 0 Å². The fourth-order valence-electron chi connectivity index (χ4n) is 1.71. The summed E-state index contributed by atoms with van der Waals surface area (Å²) < 4.78 is 19.9. The Bertz CT molecular complexity index is 571. The van der Waals surface area contributed by atoms with Crippen LogP contribution in [0.1, 0.15) is 17.5 Å². The van der Waals surface area contributed by atoms with E-state index >= 15 is 0 Å². The van der Waals surface area contributed by atoms with Crippen molar-refractivity contribution in [1.82, 2.24) is 9.55 Å². The number of hydrogen-bond acceptors (Lipinski definition) is 3. The largest absolute Gasteiger partial charge is 0.496 e. The summed E-state index contributed by atoms with van der Waals surface area (Å²) in [7, 11) is 3.12. The molecule has 2 rings (SSSR count). The molecular weight excluding hydrogens is 259 g/mol. The van der Waals surface area contributed by atoms with E-state index in [-0.39, 0.29) is 0 Å². The van der Waals surface area contributed by atoms with E-state index in [0.29, 0.717) is 22.3 Å². The van der Waals surface area contributed by atoms with Gasteiger partial charge in [0.15, 0.2) is 0 Å². The van der Waals surface area contributed by atoms with E-state index in [9.17, 15) is 9.50 Å². The Morgan fingerprint density at radius 2 is 2.22 bits per heavy atom. The zero-order chi connectivity index (χ0) is 13.3. The van der Waals surface area contributed by atoms with Gasteiger partial charge < -0.3 is 14.4 Å². The lowest BCUT2D eigenvalue weighted by atomic mass is 10.1. The van der Waals surface area contributed by atoms with Crippen LogP contribution in [0, 0.1) is 5.82 Å². The molecule has 1 heterocycles. The zero-order valence-electron chi connectivity index (χ0n) is 9.89. The number of imidazole rings is 1. The smallest absolute Gasteiger partial charge is 0.143 e. The minimum Gasteiger partial charge on any atom is -0.496 e. The van der Waals surface area contributed by atoms with Gasteiger partial charge >= 0.3 is 0 Å². The molecule has 1 unspecified atom stereocenters. The highest BCUT2D eigenvalue weighted by Crippen LogP contribution is 2.30. The lowest BCUT2D eigenvalue weighted by Gasteiger charge is -2.14. The molecule has 0 fully saturated rings. The van der Waals surface area contributed by atoms with Crippen molar-refractivity contribution in [2.24, 2.45) is 7.05 Å². The Morgan fingerprint density at radius 3 is 2.78 bits per heavy atom. The summed E-state index contributed by atoms with van der Waals surface area (Å²) in [5.41, 5.74) is 0.308. The maximum atomic E-state index is 13.2. The van der Waals surface area contributed by atoms with Crippen molar-refractivity contribution in [2.75, 3.05) is 7.11 Å². The molecule has 96 valence electrons. The van der Waals surface area contributed by atoms with Gasteiger partial charge in [-0.3, -0.25) is 0 Å². The fraction of sp³-hybridized carbons (Fsp3) is 0.250. The van der Waals surface area contributed by atoms with Crippen LogP contribution >= 0.6 is 11.6 Å². The first kappa shape index (κ1) is 12.9. The van der Waals surface area contributed by atoms with Crippen molar-refractivity contribution in [1.29, 1.82) is 0 Å². The molecule has 2 aromatic rings. The summed E-state index contributed by atoms with van der Waals surface area (Å²) in [4.78, 5) is 4.00. The molecule has 1 atom stereocenters. The second-order valence-electron chi connectivity index (χ2n) is 3.79. The average molecular weight is 271 g/mol. The van der Waals surface area contributed by atoms with E-state index in [1.807, 2.05) is 0 Å². The van der Waals surface area contributed by atoms with Gasteiger partial charge in [0.05, 0.1) is 13.3 Å². The Morgan fingerprint density at radius 1 is 1.50 bits per heavy atom. The van der Waals surface area contributed by atoms with Crippen LogP contribution in [0.15, 0.2) is 24.4 Å². The molecule has 0 amide bonds. The van der Waals surface area contributed by atoms with Gasteiger partial charge in [-0.2, -0.15) is 0 Å². The van der Waals surface area contributed by atoms with E-state index in [1.54, 1.807) is 7.05 Å². The molecule has 1 aromatic carbocycles. The van der Waals surface area contributed by atoms with Gasteiger partial charge in [-0.05, 0) is 18.2 Å². The molecule has 0 radical (unpaired) electrons. The summed E-state index contributed by atoms with van der Waals surface area (Å²) >= 11 is 5.85. The van der Waals surface area contributed by atoms with Gasteiger partial charge in [0.1, 0.15) is 28.6 Å². The highest BCUT2D eigenvalue weighted by molar-refractivity contribution is 6.29. The van der Waals surface area contributed by atoms with Crippen LogP contribution in [0.4, 0.5) is 4.39 Å². The third-order valence-electron chi connectivity index (χ3n) is 2.70. The number of methoxy groups -OCH3 is 1. The van der Waals surface area contributed by atoms with Crippen LogP contribution in [0.2, 0.25) is 5.15 Å². The first-order valence-electron chi connectivity index (χ1n) is 5.23. The van der Waals surface area contributed by atoms with Gasteiger partial charge in [-0.1, -0.05) is 11.6 Å². The van der Waals surface area contributed by atoms with Crippen molar-refractivity contribution in [3.63, 3.8) is 0 Å². The first-order valence-corrected chi connectivity index (χ1v) is 5.61. The Labute approximate surface area is 109 Å². The quantitative estimate of drug-likeness (QED) is 0.931. The number of halogens is 2. The van der Waals surface area contributed by atoms with Crippen molar-refractivity contribution < 1.29 is 14.2 Å². The molecule has 6 heteroatoms. The van der Waals surface area contributed by atoms with E-state index in [2.05, 4.69) is 4.98 Å². The number of hydrogen-bond donors (Lipinski definition) is 1. The Balaban J connectivity index is 2.48. The van der Waals surface area contributed by atoms with E-state index < -0.39 is 11.9 Å². The Hall–Kier alpha value is -1.59. The second-order valence-corrected chi connectivity index (χ2v) is 4.17. The molecule has 1 aromatic heterocycles. The molecule has 0 aliphatic heterocycles. The predicted octanol–water partition coefficient (Wildman–Crippen LogP) is 2.30. The summed E-state index contributed by atoms with van der Waals surface area (Å²) in [6.07, 6.45) is 0.319. The van der Waals surface area contributed by atoms with Crippen molar-refractivity contribution in [3.05, 3.63) is 46.8 Å². The highest BCUT2D eigenvalue weighted by Gasteiger charge is 2.21. The number of aliphatic hydroxyl groups excluding tert-OH is 1. The molecule has 0 aliphatic rings. The van der Waals surface area contributed by atoms with Crippen LogP contribution in [-0.4, -0.2) is 21.8 Å². The summed E-state index contributed by atoms with van der Waals surface area (Å²) in [6.45, 7) is 0. The van der Waals surface area contributed by atoms with Gasteiger partial charge in [0.2, 0.25) is 0 Å². The van der Waals surface area contributed by atoms with E-state index in [4.69, 9.17) is 16.3 Å². The standard InChI is InChI=1S/C12H12ClFN2O2/c1-16-10(13)6-15-12(16)11(17)8-5-7(14)3-4-9(8)18-2/h3-6,11,17H,1-2H3. The summed E-state index contributed by atoms with van der Waals surface area (Å²) in [5.74, 6) is 0.261. The summed E-state index contributed by atoms with van der Waals surface area (Å²) in [5, 5.41) is 10.6. The van der Waals surface area contributed by atoms with E-state index in [1.165, 1.54) is 36.1 Å². The van der Waals surface area contributed by atoms with Crippen molar-refractivity contribution in [2.45, 2.75) is 6.10 Å². The minimum atomic E-state index is -1.10. The second kappa shape index (κ2) is 4.96. The molecule has 0 spiro atoms. The lowest BCUT2D eigenvalue weighted by Crippen LogP contribution is -2.09. The van der Waals surface area contributed by atoms with Crippen LogP contribution in [0.5, 0.6) is 5.75 Å². The van der Waals surface area contributed by atoms with Crippen molar-refractivity contribution >= 4 is 11.6 Å². The normalized spacial score (nSPS) is 12.5. The van der Waals surface area contributed by atoms with Gasteiger partial charge in [0, 0.05) is 12.6 Å². The third-order valence-corrected chi connectivity index (χ3v) is 3.05. The van der Waals surface area contributed by atoms with Crippen LogP contribution in [-0.2, 0) is 7.05 Å². The van der Waals surface area contributed by atoms with Crippen LogP contribution < -0.4 is 4.74 Å². The molecule has 0 bridgehead atoms. The van der Waals surface area contributed by atoms with Crippen LogP contribution in [0.3, 0.4) is 0 Å². The lowest BCUT2D eigenvalue weighted by molar-refractivity contribution is 0.200. The molecule has 4 nitrogen and oxygen atoms in total. The summed E-state index contributed by atoms with van der Waals surface area (Å²) in [6, 6.07) is 3.94. The number of rotatable bonds is 3. The number of aliphatic hydroxyl groups is 1. The number of aromatic nitrogens is 2. The Kier molecular flexibility index (Phi) is 3.54. The number of benzene rings is 1. The molecule has 1 N–H and O–H groups in total. The number of nitrogens with zero attached hydrogens (tertiary/aromatic N) is 2. The third kappa shape index (κ3) is 2.19. The molecule has 0 aliphatic carbocycles. The molecule has 0 saturated carbocycles. The van der Waals surface area contributed by atoms with E-state index in [0.717, 1.165) is 0 Å². The molecule has 18 heavy (non-hydrogen) atoms. The maximum Gasteiger partial charge on any atom is 0.143 e. The fourth-order valence-corrected chi connectivity index (χ4v) is 1.85. The van der Waals surface area contributed by atoms with Crippen molar-refractivity contribution in [3.8, 4) is 5.75 Å². The highest BCUT2D eigenvalue weighted by atomic mass is 35.5. The monoisotopic (exact) mass is 270 g/mol. The maximum absolute atomic E-state index is 13.2. The zero-order valence-corrected chi connectivity index (χ0v) is 10.6. The topological polar surface area (TPSA) is 47.3 Å². The van der Waals surface area contributed by atoms with Gasteiger partial charge in [-0.15, -0.1) is 0 Å². The van der Waals surface area contributed by atoms with Gasteiger partial charge in [-0.25, -0.2) is 9.37 Å². The molecule has 0 saturated heterocycles. The number of ether oxygens (including phenoxy) is 1. The van der Waals surface area contributed by atoms with Crippen LogP contribution in [0.25, 0.3) is 0 Å². The SMILES string of the molecule is COc1ccc(F)cc1C(O)c1ncc(Cl)n1C. The molecular formula is C12H12ClFN2O2.